The van der Waals surface area contributed by atoms with Crippen LogP contribution in [0.2, 0.25) is 0 Å². The van der Waals surface area contributed by atoms with E-state index in [0.29, 0.717) is 60.6 Å². The van der Waals surface area contributed by atoms with Crippen LogP contribution in [0.4, 0.5) is 26.3 Å². The van der Waals surface area contributed by atoms with E-state index in [1.165, 1.54) is 78.1 Å². The average molecular weight is 1140 g/mol. The Balaban J connectivity index is 0.000000171. The predicted octanol–water partition coefficient (Wildman–Crippen LogP) is 11.9. The lowest BCUT2D eigenvalue weighted by atomic mass is 9.47. The number of esters is 4. The number of ether oxygens (including phenoxy) is 3. The van der Waals surface area contributed by atoms with Crippen molar-refractivity contribution in [2.75, 3.05) is 0 Å². The van der Waals surface area contributed by atoms with Crippen molar-refractivity contribution in [1.29, 1.82) is 0 Å². The summed E-state index contributed by atoms with van der Waals surface area (Å²) in [6.45, 7) is 13.2. The quantitative estimate of drug-likeness (QED) is 0.0648. The van der Waals surface area contributed by atoms with E-state index >= 15 is 0 Å². The number of carbonyl (C=O) groups is 6. The fraction of sp³-hybridized carbons (Fsp3) is 0.600. The molecule has 2 aromatic rings. The zero-order chi connectivity index (χ0) is 57.6. The summed E-state index contributed by atoms with van der Waals surface area (Å²) in [6.07, 6.45) is 11.0. The maximum atomic E-state index is 12.0. The molecule has 2 N–H and O–H groups in total. The molecule has 2 amide bonds. The van der Waals surface area contributed by atoms with E-state index in [1.807, 2.05) is 24.3 Å². The van der Waals surface area contributed by atoms with Crippen molar-refractivity contribution in [2.45, 2.75) is 156 Å². The number of alkyl halides is 6. The number of fused-ring (bicyclic) bond motifs is 10. The van der Waals surface area contributed by atoms with Crippen LogP contribution in [0.3, 0.4) is 0 Å². The predicted molar refractivity (Wildman–Crippen MR) is 288 cm³/mol. The molecular formula is C60H70F6N2O9S2. The van der Waals surface area contributed by atoms with Gasteiger partial charge in [-0.25, -0.2) is 9.59 Å². The van der Waals surface area contributed by atoms with E-state index in [1.54, 1.807) is 12.2 Å². The van der Waals surface area contributed by atoms with Gasteiger partial charge >= 0.3 is 36.2 Å². The summed E-state index contributed by atoms with van der Waals surface area (Å²) >= 11 is 12.2. The molecule has 2 aliphatic heterocycles. The summed E-state index contributed by atoms with van der Waals surface area (Å²) in [6, 6.07) is 17.1. The van der Waals surface area contributed by atoms with Gasteiger partial charge in [0.25, 0.3) is 0 Å². The van der Waals surface area contributed by atoms with Crippen LogP contribution >= 0.6 is 24.4 Å². The molecule has 0 aromatic heterocycles. The summed E-state index contributed by atoms with van der Waals surface area (Å²) < 4.78 is 79.9. The summed E-state index contributed by atoms with van der Waals surface area (Å²) in [5.41, 5.74) is 4.91. The number of hydrogen-bond donors (Lipinski definition) is 2. The fourth-order valence-electron chi connectivity index (χ4n) is 16.0. The number of thiocarbonyl (C=S) groups is 2. The third kappa shape index (κ3) is 12.2. The smallest absolute Gasteiger partial charge is 0.461 e. The van der Waals surface area contributed by atoms with Crippen LogP contribution in [0.15, 0.2) is 72.8 Å². The molecule has 10 rings (SSSR count). The van der Waals surface area contributed by atoms with Gasteiger partial charge < -0.3 is 24.8 Å². The van der Waals surface area contributed by atoms with Crippen LogP contribution in [0.1, 0.15) is 141 Å². The summed E-state index contributed by atoms with van der Waals surface area (Å²) in [4.78, 5) is 67.6. The minimum absolute atomic E-state index is 0.0710. The summed E-state index contributed by atoms with van der Waals surface area (Å²) in [7, 11) is 0. The van der Waals surface area contributed by atoms with Gasteiger partial charge in [-0.1, -0.05) is 113 Å². The normalized spacial score (nSPS) is 34.7. The number of carbonyl (C=O) groups excluding carboxylic acids is 6. The van der Waals surface area contributed by atoms with Crippen LogP contribution in [0.25, 0.3) is 0 Å². The van der Waals surface area contributed by atoms with Gasteiger partial charge in [0, 0.05) is 58.3 Å². The van der Waals surface area contributed by atoms with Crippen molar-refractivity contribution in [3.63, 3.8) is 0 Å². The van der Waals surface area contributed by atoms with Crippen molar-refractivity contribution in [3.05, 3.63) is 95.1 Å². The molecule has 6 saturated carbocycles. The Bertz CT molecular complexity index is 2600. The molecule has 14 atom stereocenters. The number of rotatable bonds is 8. The molecule has 6 aliphatic carbocycles. The van der Waals surface area contributed by atoms with Crippen molar-refractivity contribution in [3.8, 4) is 0 Å². The molecule has 19 heteroatoms. The second-order valence-electron chi connectivity index (χ2n) is 24.1. The second-order valence-corrected chi connectivity index (χ2v) is 25.0. The van der Waals surface area contributed by atoms with Gasteiger partial charge in [-0.15, -0.1) is 0 Å². The number of halogens is 6. The highest BCUT2D eigenvalue weighted by Crippen LogP contribution is 2.67. The van der Waals surface area contributed by atoms with Gasteiger partial charge in [0.15, 0.2) is 0 Å². The van der Waals surface area contributed by atoms with Gasteiger partial charge in [0.05, 0.1) is 0 Å². The molecule has 428 valence electrons. The minimum Gasteiger partial charge on any atom is -0.461 e. The Morgan fingerprint density at radius 2 is 0.886 bits per heavy atom. The maximum absolute atomic E-state index is 12.0. The van der Waals surface area contributed by atoms with Crippen LogP contribution in [-0.2, 0) is 56.2 Å². The third-order valence-electron chi connectivity index (χ3n) is 20.0. The molecule has 79 heavy (non-hydrogen) atoms. The lowest BCUT2D eigenvalue weighted by molar-refractivity contribution is -0.221. The lowest BCUT2D eigenvalue weighted by Gasteiger charge is -2.59. The van der Waals surface area contributed by atoms with Crippen LogP contribution in [0, 0.1) is 69.0 Å². The first-order chi connectivity index (χ1) is 37.0. The number of benzene rings is 2. The highest BCUT2D eigenvalue weighted by Gasteiger charge is 2.62. The van der Waals surface area contributed by atoms with Gasteiger partial charge in [-0.2, -0.15) is 26.3 Å². The highest BCUT2D eigenvalue weighted by molar-refractivity contribution is 7.81. The Kier molecular flexibility index (Phi) is 17.4. The Morgan fingerprint density at radius 3 is 1.22 bits per heavy atom. The zero-order valence-electron chi connectivity index (χ0n) is 45.4. The Labute approximate surface area is 468 Å². The standard InChI is InChI=1S/2C28H35NO3S.C4F6O3/c2*1-17(30)32-16-18-4-6-19(7-5-18)26(33)23-10-9-21-20-8-11-24-28(3,15-13-25(31)29-24)22(20)12-14-27(21,23)2;5-3(6,7)1(11)13-2(12)4(8,9)10/h2*4-7,13,15,20-24H,8-12,14,16H2,1-3H3,(H,29,31);/t20?,21?,22?,23-,24?,27+,28-;20-,21-,22-,23+,24+,27-,28+;/m10./s1. The van der Waals surface area contributed by atoms with Crippen molar-refractivity contribution in [1.82, 2.24) is 10.6 Å². The molecule has 2 aromatic carbocycles. The van der Waals surface area contributed by atoms with E-state index in [9.17, 15) is 55.1 Å². The number of hydrogen-bond acceptors (Lipinski definition) is 11. The number of nitrogens with one attached hydrogen (secondary N) is 2. The zero-order valence-corrected chi connectivity index (χ0v) is 47.0. The second kappa shape index (κ2) is 22.9. The monoisotopic (exact) mass is 1140 g/mol. The molecule has 0 bridgehead atoms. The molecule has 0 saturated heterocycles. The van der Waals surface area contributed by atoms with E-state index in [-0.39, 0.29) is 57.5 Å². The van der Waals surface area contributed by atoms with Gasteiger partial charge in [-0.05, 0) is 158 Å². The van der Waals surface area contributed by atoms with Crippen molar-refractivity contribution in [2.24, 2.45) is 69.0 Å². The van der Waals surface area contributed by atoms with Crippen molar-refractivity contribution < 1.29 is 69.3 Å². The SMILES string of the molecule is CC(=O)OCc1ccc(C(=S)[C@H]2CCC3C4CCC5NC(=O)C=C[C@]5(C)C4CC[C@@]32C)cc1.CC(=O)OCc1ccc(C(=S)[C@H]2CC[C@H]3[C@@H]4CC[C@H]5NC(=O)C=C[C@]5(C)[C@H]4CC[C@]23C)cc1.O=C(OC(=O)C(F)(F)F)C(F)(F)F. The van der Waals surface area contributed by atoms with Crippen molar-refractivity contribution >= 4 is 69.9 Å². The first kappa shape index (κ1) is 59.8. The molecule has 2 heterocycles. The Hall–Kier alpha value is -5.30. The molecule has 8 aliphatic rings. The molecule has 0 radical (unpaired) electrons. The van der Waals surface area contributed by atoms with Crippen LogP contribution in [0.5, 0.6) is 0 Å². The molecular weight excluding hydrogens is 1070 g/mol. The lowest BCUT2D eigenvalue weighted by Crippen LogP contribution is -2.59. The van der Waals surface area contributed by atoms with E-state index in [4.69, 9.17) is 33.9 Å². The van der Waals surface area contributed by atoms with Gasteiger partial charge in [0.1, 0.15) is 13.2 Å². The van der Waals surface area contributed by atoms with Gasteiger partial charge in [0.2, 0.25) is 11.8 Å². The van der Waals surface area contributed by atoms with E-state index in [0.717, 1.165) is 44.8 Å². The fourth-order valence-corrected chi connectivity index (χ4v) is 17.1. The first-order valence-corrected chi connectivity index (χ1v) is 28.2. The topological polar surface area (TPSA) is 154 Å². The molecule has 11 nitrogen and oxygen atoms in total. The molecule has 6 fully saturated rings. The first-order valence-electron chi connectivity index (χ1n) is 27.4. The molecule has 4 unspecified atom stereocenters. The van der Waals surface area contributed by atoms with Crippen LogP contribution < -0.4 is 10.6 Å². The number of amides is 2. The van der Waals surface area contributed by atoms with Crippen LogP contribution in [-0.4, -0.2) is 69.9 Å². The summed E-state index contributed by atoms with van der Waals surface area (Å²) in [5, 5.41) is 6.51. The maximum Gasteiger partial charge on any atom is 0.491 e. The highest BCUT2D eigenvalue weighted by atomic mass is 32.1. The average Bonchev–Trinajstić information content (AvgIpc) is 4.22. The van der Waals surface area contributed by atoms with E-state index < -0.39 is 24.3 Å². The van der Waals surface area contributed by atoms with Gasteiger partial charge in [-0.3, -0.25) is 19.2 Å². The molecule has 0 spiro atoms. The minimum atomic E-state index is -5.62. The largest absolute Gasteiger partial charge is 0.491 e. The Morgan fingerprint density at radius 1 is 0.532 bits per heavy atom. The third-order valence-corrected chi connectivity index (χ3v) is 21.1. The van der Waals surface area contributed by atoms with E-state index in [2.05, 4.69) is 79.5 Å². The summed E-state index contributed by atoms with van der Waals surface area (Å²) in [5.74, 6) is -1.81.